The van der Waals surface area contributed by atoms with Gasteiger partial charge in [-0.1, -0.05) is 22.0 Å². The van der Waals surface area contributed by atoms with Crippen LogP contribution in [0.25, 0.3) is 0 Å². The highest BCUT2D eigenvalue weighted by Gasteiger charge is 2.55. The van der Waals surface area contributed by atoms with Crippen LogP contribution in [0.4, 0.5) is 0 Å². The van der Waals surface area contributed by atoms with Crippen molar-refractivity contribution in [3.8, 4) is 0 Å². The topological polar surface area (TPSA) is 20.3 Å². The van der Waals surface area contributed by atoms with Crippen molar-refractivity contribution in [2.75, 3.05) is 26.2 Å². The molecule has 3 aliphatic rings. The molecular weight excluding hydrogens is 328 g/mol. The van der Waals surface area contributed by atoms with Gasteiger partial charge in [0.05, 0.1) is 26.2 Å². The fourth-order valence-corrected chi connectivity index (χ4v) is 5.31. The van der Waals surface area contributed by atoms with Crippen molar-refractivity contribution in [2.24, 2.45) is 0 Å². The first-order chi connectivity index (χ1) is 10.2. The molecule has 1 amide bonds. The molecule has 2 atom stereocenters. The summed E-state index contributed by atoms with van der Waals surface area (Å²) >= 11 is 3.47. The van der Waals surface area contributed by atoms with Crippen LogP contribution < -0.4 is 0 Å². The molecule has 4 rings (SSSR count). The van der Waals surface area contributed by atoms with Gasteiger partial charge in [0.15, 0.2) is 0 Å². The van der Waals surface area contributed by atoms with E-state index in [1.54, 1.807) is 0 Å². The van der Waals surface area contributed by atoms with Crippen LogP contribution in [-0.2, 0) is 0 Å². The Morgan fingerprint density at radius 2 is 1.81 bits per heavy atom. The van der Waals surface area contributed by atoms with Crippen LogP contribution in [0.5, 0.6) is 0 Å². The second kappa shape index (κ2) is 5.10. The molecule has 2 bridgehead atoms. The lowest BCUT2D eigenvalue weighted by atomic mass is 10.1. The number of amides is 1. The van der Waals surface area contributed by atoms with Gasteiger partial charge in [-0.3, -0.25) is 4.79 Å². The summed E-state index contributed by atoms with van der Waals surface area (Å²) in [5.41, 5.74) is 0.818. The predicted molar refractivity (Wildman–Crippen MR) is 86.1 cm³/mol. The maximum Gasteiger partial charge on any atom is 0.254 e. The number of piperazine rings is 1. The predicted octanol–water partition coefficient (Wildman–Crippen LogP) is 3.05. The highest BCUT2D eigenvalue weighted by Crippen LogP contribution is 2.41. The maximum absolute atomic E-state index is 12.8. The molecule has 2 unspecified atom stereocenters. The lowest BCUT2D eigenvalue weighted by molar-refractivity contribution is -0.954. The summed E-state index contributed by atoms with van der Waals surface area (Å²) in [7, 11) is 0. The number of halogens is 1. The van der Waals surface area contributed by atoms with Crippen molar-refractivity contribution in [1.82, 2.24) is 4.90 Å². The van der Waals surface area contributed by atoms with Crippen LogP contribution >= 0.6 is 15.9 Å². The first-order valence-corrected chi connectivity index (χ1v) is 8.90. The van der Waals surface area contributed by atoms with Crippen LogP contribution in [0.1, 0.15) is 36.0 Å². The Hall–Kier alpha value is -0.870. The standard InChI is InChI=1S/C17H22BrN2O/c18-14-5-3-4-13(10-14)17(21)19-11-15-6-7-16(12-19)20(15)8-1-2-9-20/h3-5,10,15-16H,1-2,6-9,11-12H2/q+1. The van der Waals surface area contributed by atoms with E-state index in [9.17, 15) is 4.79 Å². The summed E-state index contributed by atoms with van der Waals surface area (Å²) in [6.45, 7) is 4.63. The average Bonchev–Trinajstić information content (AvgIpc) is 3.02. The molecule has 4 heteroatoms. The number of carbonyl (C=O) groups is 1. The second-order valence-corrected chi connectivity index (χ2v) is 7.78. The quantitative estimate of drug-likeness (QED) is 0.713. The Kier molecular flexibility index (Phi) is 3.34. The second-order valence-electron chi connectivity index (χ2n) is 6.86. The van der Waals surface area contributed by atoms with Crippen molar-refractivity contribution < 1.29 is 9.28 Å². The van der Waals surface area contributed by atoms with E-state index >= 15 is 0 Å². The van der Waals surface area contributed by atoms with Gasteiger partial charge in [-0.15, -0.1) is 0 Å². The number of hydrogen-bond donors (Lipinski definition) is 0. The SMILES string of the molecule is O=C(c1cccc(Br)c1)N1CC2CCC(C1)[N+]21CCCC1. The number of carbonyl (C=O) groups excluding carboxylic acids is 1. The zero-order chi connectivity index (χ0) is 14.4. The van der Waals surface area contributed by atoms with Crippen LogP contribution in [-0.4, -0.2) is 53.6 Å². The van der Waals surface area contributed by atoms with Gasteiger partial charge in [-0.05, 0) is 18.2 Å². The van der Waals surface area contributed by atoms with Crippen molar-refractivity contribution in [3.05, 3.63) is 34.3 Å². The molecule has 0 radical (unpaired) electrons. The minimum Gasteiger partial charge on any atom is -0.327 e. The van der Waals surface area contributed by atoms with E-state index in [-0.39, 0.29) is 5.91 Å². The number of hydrogen-bond acceptors (Lipinski definition) is 1. The Balaban J connectivity index is 1.55. The summed E-state index contributed by atoms with van der Waals surface area (Å²) < 4.78 is 2.32. The molecule has 0 aliphatic carbocycles. The summed E-state index contributed by atoms with van der Waals surface area (Å²) in [6, 6.07) is 9.19. The van der Waals surface area contributed by atoms with Crippen LogP contribution in [0.3, 0.4) is 0 Å². The molecule has 1 aromatic rings. The van der Waals surface area contributed by atoms with E-state index in [1.807, 2.05) is 24.3 Å². The average molecular weight is 350 g/mol. The highest BCUT2D eigenvalue weighted by atomic mass is 79.9. The van der Waals surface area contributed by atoms with Crippen LogP contribution in [0, 0.1) is 0 Å². The third-order valence-corrected chi connectivity index (χ3v) is 6.40. The summed E-state index contributed by atoms with van der Waals surface area (Å²) in [6.07, 6.45) is 5.39. The fraction of sp³-hybridized carbons (Fsp3) is 0.588. The molecule has 1 spiro atoms. The summed E-state index contributed by atoms with van der Waals surface area (Å²) in [4.78, 5) is 14.9. The Bertz CT molecular complexity index is 552. The molecule has 0 N–H and O–H groups in total. The summed E-state index contributed by atoms with van der Waals surface area (Å²) in [5.74, 6) is 0.213. The van der Waals surface area contributed by atoms with E-state index in [0.29, 0.717) is 12.1 Å². The first kappa shape index (κ1) is 13.8. The third kappa shape index (κ3) is 2.15. The number of nitrogens with zero attached hydrogens (tertiary/aromatic N) is 2. The van der Waals surface area contributed by atoms with Crippen LogP contribution in [0.15, 0.2) is 28.7 Å². The van der Waals surface area contributed by atoms with E-state index in [4.69, 9.17) is 0 Å². The normalized spacial score (nSPS) is 30.0. The minimum absolute atomic E-state index is 0.213. The van der Waals surface area contributed by atoms with Crippen molar-refractivity contribution >= 4 is 21.8 Å². The van der Waals surface area contributed by atoms with Crippen molar-refractivity contribution in [3.63, 3.8) is 0 Å². The Morgan fingerprint density at radius 3 is 2.43 bits per heavy atom. The smallest absolute Gasteiger partial charge is 0.254 e. The molecule has 3 aliphatic heterocycles. The highest BCUT2D eigenvalue weighted by molar-refractivity contribution is 9.10. The van der Waals surface area contributed by atoms with Gasteiger partial charge in [0, 0.05) is 35.7 Å². The molecule has 21 heavy (non-hydrogen) atoms. The van der Waals surface area contributed by atoms with Gasteiger partial charge >= 0.3 is 0 Å². The molecule has 3 nitrogen and oxygen atoms in total. The fourth-order valence-electron chi connectivity index (χ4n) is 4.91. The molecule has 0 aromatic heterocycles. The van der Waals surface area contributed by atoms with Crippen molar-refractivity contribution in [2.45, 2.75) is 37.8 Å². The zero-order valence-electron chi connectivity index (χ0n) is 12.3. The van der Waals surface area contributed by atoms with E-state index < -0.39 is 0 Å². The number of benzene rings is 1. The van der Waals surface area contributed by atoms with Gasteiger partial charge in [0.25, 0.3) is 5.91 Å². The van der Waals surface area contributed by atoms with E-state index in [0.717, 1.165) is 23.1 Å². The van der Waals surface area contributed by atoms with Gasteiger partial charge < -0.3 is 9.38 Å². The molecule has 112 valence electrons. The molecule has 3 heterocycles. The molecular formula is C17H22BrN2O+. The number of quaternary nitrogens is 1. The molecule has 3 saturated heterocycles. The van der Waals surface area contributed by atoms with E-state index in [1.165, 1.54) is 43.3 Å². The monoisotopic (exact) mass is 349 g/mol. The van der Waals surface area contributed by atoms with Gasteiger partial charge in [-0.25, -0.2) is 0 Å². The third-order valence-electron chi connectivity index (χ3n) is 5.91. The van der Waals surface area contributed by atoms with Gasteiger partial charge in [-0.2, -0.15) is 0 Å². The van der Waals surface area contributed by atoms with Gasteiger partial charge in [0.1, 0.15) is 12.1 Å². The first-order valence-electron chi connectivity index (χ1n) is 8.10. The molecule has 0 saturated carbocycles. The summed E-state index contributed by atoms with van der Waals surface area (Å²) in [5, 5.41) is 0. The number of likely N-dealkylation sites (tertiary alicyclic amines) is 1. The number of rotatable bonds is 1. The Morgan fingerprint density at radius 1 is 1.14 bits per heavy atom. The van der Waals surface area contributed by atoms with Gasteiger partial charge in [0.2, 0.25) is 0 Å². The van der Waals surface area contributed by atoms with E-state index in [2.05, 4.69) is 20.8 Å². The maximum atomic E-state index is 12.8. The largest absolute Gasteiger partial charge is 0.327 e. The lowest BCUT2D eigenvalue weighted by Crippen LogP contribution is -2.65. The van der Waals surface area contributed by atoms with Crippen LogP contribution in [0.2, 0.25) is 0 Å². The Labute approximate surface area is 134 Å². The molecule has 1 aromatic carbocycles. The zero-order valence-corrected chi connectivity index (χ0v) is 13.9. The minimum atomic E-state index is 0.213. The lowest BCUT2D eigenvalue weighted by Gasteiger charge is -2.48. The molecule has 3 fully saturated rings. The van der Waals surface area contributed by atoms with Crippen molar-refractivity contribution in [1.29, 1.82) is 0 Å².